The summed E-state index contributed by atoms with van der Waals surface area (Å²) in [7, 11) is -0.528. The molecule has 7 heteroatoms. The molecule has 0 aliphatic carbocycles. The van der Waals surface area contributed by atoms with E-state index in [0.717, 1.165) is 11.1 Å². The van der Waals surface area contributed by atoms with Gasteiger partial charge in [0.25, 0.3) is 15.9 Å². The number of carbonyl (C=O) groups is 1. The molecule has 0 unspecified atom stereocenters. The first-order chi connectivity index (χ1) is 14.2. The van der Waals surface area contributed by atoms with Gasteiger partial charge in [-0.15, -0.1) is 0 Å². The molecule has 0 fully saturated rings. The Labute approximate surface area is 182 Å². The summed E-state index contributed by atoms with van der Waals surface area (Å²) in [4.78, 5) is 14.7. The maximum atomic E-state index is 13.0. The Morgan fingerprint density at radius 3 is 2.20 bits per heavy atom. The second-order valence-corrected chi connectivity index (χ2v) is 9.48. The molecule has 0 heterocycles. The van der Waals surface area contributed by atoms with Crippen LogP contribution < -0.4 is 4.31 Å². The molecule has 0 atom stereocenters. The molecule has 0 N–H and O–H groups in total. The van der Waals surface area contributed by atoms with Crippen LogP contribution >= 0.6 is 11.6 Å². The van der Waals surface area contributed by atoms with Crippen LogP contribution in [-0.2, 0) is 16.6 Å². The molecule has 5 nitrogen and oxygen atoms in total. The molecule has 3 aromatic rings. The number of aryl methyl sites for hydroxylation is 1. The number of sulfonamides is 1. The predicted molar refractivity (Wildman–Crippen MR) is 120 cm³/mol. The molecule has 30 heavy (non-hydrogen) atoms. The molecule has 0 spiro atoms. The van der Waals surface area contributed by atoms with Gasteiger partial charge in [-0.2, -0.15) is 0 Å². The van der Waals surface area contributed by atoms with Gasteiger partial charge in [0.15, 0.2) is 0 Å². The Bertz CT molecular complexity index is 1150. The van der Waals surface area contributed by atoms with Crippen LogP contribution in [0.1, 0.15) is 21.5 Å². The van der Waals surface area contributed by atoms with E-state index < -0.39 is 10.0 Å². The average Bonchev–Trinajstić information content (AvgIpc) is 2.75. The van der Waals surface area contributed by atoms with E-state index in [0.29, 0.717) is 22.8 Å². The molecule has 0 saturated heterocycles. The molecule has 0 aliphatic heterocycles. The first-order valence-electron chi connectivity index (χ1n) is 9.34. The predicted octanol–water partition coefficient (Wildman–Crippen LogP) is 4.75. The third-order valence-corrected chi connectivity index (χ3v) is 6.91. The second kappa shape index (κ2) is 8.90. The number of hydrogen-bond donors (Lipinski definition) is 0. The highest BCUT2D eigenvalue weighted by molar-refractivity contribution is 7.92. The molecule has 0 radical (unpaired) electrons. The Morgan fingerprint density at radius 2 is 1.57 bits per heavy atom. The van der Waals surface area contributed by atoms with Crippen LogP contribution in [0.25, 0.3) is 0 Å². The number of hydrogen-bond acceptors (Lipinski definition) is 3. The standard InChI is InChI=1S/C23H23ClN2O3S/c1-17-9-12-19(23(27)25(2)16-18-10-13-20(24)14-11-18)15-22(17)26(3)30(28,29)21-7-5-4-6-8-21/h4-15H,16H2,1-3H3. The zero-order valence-electron chi connectivity index (χ0n) is 17.0. The fourth-order valence-corrected chi connectivity index (χ4v) is 4.52. The van der Waals surface area contributed by atoms with Crippen LogP contribution in [-0.4, -0.2) is 33.3 Å². The monoisotopic (exact) mass is 442 g/mol. The molecule has 0 bridgehead atoms. The Hall–Kier alpha value is -2.83. The quantitative estimate of drug-likeness (QED) is 0.553. The van der Waals surface area contributed by atoms with E-state index in [-0.39, 0.29) is 10.8 Å². The van der Waals surface area contributed by atoms with Gasteiger partial charge in [0.05, 0.1) is 10.6 Å². The van der Waals surface area contributed by atoms with Crippen LogP contribution in [0, 0.1) is 6.92 Å². The van der Waals surface area contributed by atoms with Crippen molar-refractivity contribution in [3.05, 3.63) is 94.5 Å². The van der Waals surface area contributed by atoms with Crippen molar-refractivity contribution in [2.24, 2.45) is 0 Å². The van der Waals surface area contributed by atoms with Crippen LogP contribution in [0.3, 0.4) is 0 Å². The molecule has 3 rings (SSSR count). The lowest BCUT2D eigenvalue weighted by Crippen LogP contribution is -2.29. The third kappa shape index (κ3) is 4.66. The number of carbonyl (C=O) groups excluding carboxylic acids is 1. The van der Waals surface area contributed by atoms with Crippen LogP contribution in [0.4, 0.5) is 5.69 Å². The lowest BCUT2D eigenvalue weighted by Gasteiger charge is -2.23. The lowest BCUT2D eigenvalue weighted by molar-refractivity contribution is 0.0785. The highest BCUT2D eigenvalue weighted by atomic mass is 35.5. The second-order valence-electron chi connectivity index (χ2n) is 7.07. The number of amides is 1. The number of halogens is 1. The summed E-state index contributed by atoms with van der Waals surface area (Å²) in [5, 5.41) is 0.638. The van der Waals surface area contributed by atoms with Gasteiger partial charge < -0.3 is 4.90 Å². The Kier molecular flexibility index (Phi) is 6.48. The number of rotatable bonds is 6. The molecule has 0 aromatic heterocycles. The molecular weight excluding hydrogens is 420 g/mol. The largest absolute Gasteiger partial charge is 0.337 e. The summed E-state index contributed by atoms with van der Waals surface area (Å²) in [6, 6.07) is 20.6. The fourth-order valence-electron chi connectivity index (χ4n) is 3.12. The van der Waals surface area contributed by atoms with Gasteiger partial charge >= 0.3 is 0 Å². The summed E-state index contributed by atoms with van der Waals surface area (Å²) >= 11 is 5.92. The highest BCUT2D eigenvalue weighted by Gasteiger charge is 2.23. The normalized spacial score (nSPS) is 11.2. The van der Waals surface area contributed by atoms with Crippen molar-refractivity contribution in [3.63, 3.8) is 0 Å². The maximum absolute atomic E-state index is 13.0. The third-order valence-electron chi connectivity index (χ3n) is 4.88. The minimum atomic E-state index is -3.73. The molecule has 0 saturated carbocycles. The van der Waals surface area contributed by atoms with Gasteiger partial charge in [-0.3, -0.25) is 9.10 Å². The Balaban J connectivity index is 1.87. The van der Waals surface area contributed by atoms with Crippen LogP contribution in [0.5, 0.6) is 0 Å². The van der Waals surface area contributed by atoms with Crippen molar-refractivity contribution in [3.8, 4) is 0 Å². The lowest BCUT2D eigenvalue weighted by atomic mass is 10.1. The van der Waals surface area contributed by atoms with Crippen LogP contribution in [0.2, 0.25) is 5.02 Å². The van der Waals surface area contributed by atoms with Crippen molar-refractivity contribution in [1.29, 1.82) is 0 Å². The first kappa shape index (κ1) is 21.9. The van der Waals surface area contributed by atoms with E-state index in [9.17, 15) is 13.2 Å². The van der Waals surface area contributed by atoms with Gasteiger partial charge in [0, 0.05) is 31.2 Å². The van der Waals surface area contributed by atoms with E-state index >= 15 is 0 Å². The van der Waals surface area contributed by atoms with E-state index in [4.69, 9.17) is 11.6 Å². The SMILES string of the molecule is Cc1ccc(C(=O)N(C)Cc2ccc(Cl)cc2)cc1N(C)S(=O)(=O)c1ccccc1. The average molecular weight is 443 g/mol. The van der Waals surface area contributed by atoms with E-state index in [1.54, 1.807) is 72.6 Å². The van der Waals surface area contributed by atoms with Crippen molar-refractivity contribution in [1.82, 2.24) is 4.90 Å². The topological polar surface area (TPSA) is 57.7 Å². The number of anilines is 1. The van der Waals surface area contributed by atoms with Crippen LogP contribution in [0.15, 0.2) is 77.7 Å². The molecule has 1 amide bonds. The molecule has 156 valence electrons. The van der Waals surface area contributed by atoms with Gasteiger partial charge in [-0.05, 0) is 54.4 Å². The molecule has 3 aromatic carbocycles. The maximum Gasteiger partial charge on any atom is 0.264 e. The van der Waals surface area contributed by atoms with Crippen molar-refractivity contribution in [2.45, 2.75) is 18.4 Å². The van der Waals surface area contributed by atoms with Gasteiger partial charge in [0.2, 0.25) is 0 Å². The molecule has 0 aliphatic rings. The zero-order valence-corrected chi connectivity index (χ0v) is 18.6. The summed E-state index contributed by atoms with van der Waals surface area (Å²) in [6.45, 7) is 2.23. The van der Waals surface area contributed by atoms with E-state index in [1.165, 1.54) is 11.4 Å². The Morgan fingerprint density at radius 1 is 0.933 bits per heavy atom. The van der Waals surface area contributed by atoms with E-state index in [2.05, 4.69) is 0 Å². The minimum Gasteiger partial charge on any atom is -0.337 e. The molecular formula is C23H23ClN2O3S. The van der Waals surface area contributed by atoms with Crippen molar-refractivity contribution in [2.75, 3.05) is 18.4 Å². The summed E-state index contributed by atoms with van der Waals surface area (Å²) in [6.07, 6.45) is 0. The first-order valence-corrected chi connectivity index (χ1v) is 11.2. The zero-order chi connectivity index (χ0) is 21.9. The van der Waals surface area contributed by atoms with E-state index in [1.807, 2.05) is 19.1 Å². The number of benzene rings is 3. The highest BCUT2D eigenvalue weighted by Crippen LogP contribution is 2.27. The van der Waals surface area contributed by atoms with Gasteiger partial charge in [-0.1, -0.05) is 48.0 Å². The smallest absolute Gasteiger partial charge is 0.264 e. The summed E-state index contributed by atoms with van der Waals surface area (Å²) < 4.78 is 27.2. The minimum absolute atomic E-state index is 0.197. The number of nitrogens with zero attached hydrogens (tertiary/aromatic N) is 2. The van der Waals surface area contributed by atoms with Crippen molar-refractivity contribution < 1.29 is 13.2 Å². The van der Waals surface area contributed by atoms with Gasteiger partial charge in [0.1, 0.15) is 0 Å². The summed E-state index contributed by atoms with van der Waals surface area (Å²) in [5.41, 5.74) is 2.59. The summed E-state index contributed by atoms with van der Waals surface area (Å²) in [5.74, 6) is -0.197. The fraction of sp³-hybridized carbons (Fsp3) is 0.174. The van der Waals surface area contributed by atoms with Gasteiger partial charge in [-0.25, -0.2) is 8.42 Å². The van der Waals surface area contributed by atoms with Crippen molar-refractivity contribution >= 4 is 33.2 Å².